The largest absolute Gasteiger partial charge is 0.494 e. The second-order valence-electron chi connectivity index (χ2n) is 7.51. The van der Waals surface area contributed by atoms with Gasteiger partial charge in [0.2, 0.25) is 0 Å². The van der Waals surface area contributed by atoms with E-state index in [1.165, 1.54) is 18.4 Å². The Morgan fingerprint density at radius 1 is 1.18 bits per heavy atom. The van der Waals surface area contributed by atoms with Gasteiger partial charge in [-0.2, -0.15) is 0 Å². The molecule has 2 heterocycles. The van der Waals surface area contributed by atoms with E-state index in [0.717, 1.165) is 36.3 Å². The van der Waals surface area contributed by atoms with Gasteiger partial charge in [-0.1, -0.05) is 23.8 Å². The molecular weight excluding hydrogens is 354 g/mol. The van der Waals surface area contributed by atoms with Crippen molar-refractivity contribution >= 4 is 11.9 Å². The Morgan fingerprint density at radius 3 is 2.71 bits per heavy atom. The molecule has 3 aliphatic rings. The summed E-state index contributed by atoms with van der Waals surface area (Å²) in [5.41, 5.74) is 3.72. The molecule has 6 heteroatoms. The van der Waals surface area contributed by atoms with Crippen molar-refractivity contribution in [1.29, 1.82) is 0 Å². The lowest BCUT2D eigenvalue weighted by Crippen LogP contribution is -2.44. The number of nitrogens with zero attached hydrogens (tertiary/aromatic N) is 1. The standard InChI is InChI=1S/C22H27N3O3/c1-2-28-17-10-8-16(9-11-17)20-19-18(23-22(27)24-20)14-25(21(19)26)13-12-15-6-4-3-5-7-15/h6,8-11,20H,2-5,7,12-14H2,1H3,(H2,23,24,27). The zero-order valence-corrected chi connectivity index (χ0v) is 16.3. The molecular formula is C22H27N3O3. The number of ether oxygens (including phenoxy) is 1. The molecule has 0 fully saturated rings. The summed E-state index contributed by atoms with van der Waals surface area (Å²) in [5, 5.41) is 5.74. The zero-order chi connectivity index (χ0) is 19.5. The van der Waals surface area contributed by atoms with Gasteiger partial charge in [0.1, 0.15) is 5.75 Å². The van der Waals surface area contributed by atoms with Crippen molar-refractivity contribution in [2.24, 2.45) is 0 Å². The van der Waals surface area contributed by atoms with Crippen molar-refractivity contribution in [2.75, 3.05) is 19.7 Å². The van der Waals surface area contributed by atoms with Gasteiger partial charge in [0.25, 0.3) is 5.91 Å². The summed E-state index contributed by atoms with van der Waals surface area (Å²) in [6, 6.07) is 6.89. The van der Waals surface area contributed by atoms with Crippen LogP contribution in [0.25, 0.3) is 0 Å². The van der Waals surface area contributed by atoms with Gasteiger partial charge in [-0.3, -0.25) is 4.79 Å². The minimum Gasteiger partial charge on any atom is -0.494 e. The summed E-state index contributed by atoms with van der Waals surface area (Å²) in [6.07, 6.45) is 8.04. The summed E-state index contributed by atoms with van der Waals surface area (Å²) >= 11 is 0. The molecule has 2 N–H and O–H groups in total. The molecule has 0 bridgehead atoms. The summed E-state index contributed by atoms with van der Waals surface area (Å²) in [6.45, 7) is 3.71. The molecule has 0 aromatic heterocycles. The third-order valence-electron chi connectivity index (χ3n) is 5.63. The molecule has 28 heavy (non-hydrogen) atoms. The fourth-order valence-corrected chi connectivity index (χ4v) is 4.19. The molecule has 0 radical (unpaired) electrons. The number of hydrogen-bond donors (Lipinski definition) is 2. The van der Waals surface area contributed by atoms with Gasteiger partial charge in [0.05, 0.1) is 30.5 Å². The molecule has 148 valence electrons. The van der Waals surface area contributed by atoms with Crippen molar-refractivity contribution < 1.29 is 14.3 Å². The second-order valence-corrected chi connectivity index (χ2v) is 7.51. The maximum absolute atomic E-state index is 13.1. The third-order valence-corrected chi connectivity index (χ3v) is 5.63. The summed E-state index contributed by atoms with van der Waals surface area (Å²) in [4.78, 5) is 27.1. The van der Waals surface area contributed by atoms with E-state index in [2.05, 4.69) is 16.7 Å². The maximum Gasteiger partial charge on any atom is 0.319 e. The molecule has 1 aromatic carbocycles. The van der Waals surface area contributed by atoms with Crippen LogP contribution in [0.2, 0.25) is 0 Å². The first-order valence-electron chi connectivity index (χ1n) is 10.2. The Bertz CT molecular complexity index is 826. The van der Waals surface area contributed by atoms with Crippen molar-refractivity contribution in [3.8, 4) is 5.75 Å². The van der Waals surface area contributed by atoms with Gasteiger partial charge < -0.3 is 20.3 Å². The van der Waals surface area contributed by atoms with Crippen molar-refractivity contribution in [3.05, 3.63) is 52.7 Å². The van der Waals surface area contributed by atoms with E-state index in [1.807, 2.05) is 36.1 Å². The summed E-state index contributed by atoms with van der Waals surface area (Å²) in [7, 11) is 0. The SMILES string of the molecule is CCOc1ccc(C2NC(=O)NC3=C2C(=O)N(CCC2=CCCCC2)C3)cc1. The zero-order valence-electron chi connectivity index (χ0n) is 16.3. The van der Waals surface area contributed by atoms with Crippen LogP contribution in [-0.2, 0) is 4.79 Å². The predicted octanol–water partition coefficient (Wildman–Crippen LogP) is 3.43. The lowest BCUT2D eigenvalue weighted by molar-refractivity contribution is -0.125. The Hall–Kier alpha value is -2.76. The Kier molecular flexibility index (Phi) is 5.37. The lowest BCUT2D eigenvalue weighted by atomic mass is 9.96. The quantitative estimate of drug-likeness (QED) is 0.742. The number of nitrogens with one attached hydrogen (secondary N) is 2. The normalized spacial score (nSPS) is 21.8. The number of carbonyl (C=O) groups excluding carboxylic acids is 2. The predicted molar refractivity (Wildman–Crippen MR) is 107 cm³/mol. The smallest absolute Gasteiger partial charge is 0.319 e. The van der Waals surface area contributed by atoms with Gasteiger partial charge in [0.15, 0.2) is 0 Å². The van der Waals surface area contributed by atoms with E-state index >= 15 is 0 Å². The minimum atomic E-state index is -0.425. The van der Waals surface area contributed by atoms with Gasteiger partial charge in [0, 0.05) is 6.54 Å². The van der Waals surface area contributed by atoms with Gasteiger partial charge in [-0.25, -0.2) is 4.79 Å². The first-order valence-corrected chi connectivity index (χ1v) is 10.2. The van der Waals surface area contributed by atoms with Crippen LogP contribution in [0, 0.1) is 0 Å². The highest BCUT2D eigenvalue weighted by atomic mass is 16.5. The van der Waals surface area contributed by atoms with E-state index in [-0.39, 0.29) is 11.9 Å². The molecule has 1 atom stereocenters. The number of rotatable bonds is 6. The van der Waals surface area contributed by atoms with Crippen molar-refractivity contribution in [2.45, 2.75) is 45.1 Å². The molecule has 2 aliphatic heterocycles. The summed E-state index contributed by atoms with van der Waals surface area (Å²) in [5.74, 6) is 0.790. The number of benzene rings is 1. The number of hydrogen-bond acceptors (Lipinski definition) is 3. The molecule has 4 rings (SSSR count). The number of urea groups is 1. The van der Waals surface area contributed by atoms with E-state index in [0.29, 0.717) is 25.3 Å². The summed E-state index contributed by atoms with van der Waals surface area (Å²) < 4.78 is 5.49. The van der Waals surface area contributed by atoms with Crippen molar-refractivity contribution in [1.82, 2.24) is 15.5 Å². The molecule has 1 aromatic rings. The molecule has 0 spiro atoms. The van der Waals surface area contributed by atoms with Crippen LogP contribution in [0.5, 0.6) is 5.75 Å². The Labute approximate surface area is 165 Å². The molecule has 0 saturated carbocycles. The highest BCUT2D eigenvalue weighted by Crippen LogP contribution is 2.33. The van der Waals surface area contributed by atoms with Crippen molar-refractivity contribution in [3.63, 3.8) is 0 Å². The molecule has 6 nitrogen and oxygen atoms in total. The molecule has 0 saturated heterocycles. The number of carbonyl (C=O) groups is 2. The van der Waals surface area contributed by atoms with E-state index < -0.39 is 6.04 Å². The van der Waals surface area contributed by atoms with Gasteiger partial charge >= 0.3 is 6.03 Å². The lowest BCUT2D eigenvalue weighted by Gasteiger charge is -2.25. The molecule has 1 aliphatic carbocycles. The van der Waals surface area contributed by atoms with E-state index in [1.54, 1.807) is 0 Å². The Morgan fingerprint density at radius 2 is 2.00 bits per heavy atom. The van der Waals surface area contributed by atoms with E-state index in [9.17, 15) is 9.59 Å². The third kappa shape index (κ3) is 3.77. The molecule has 3 amide bonds. The topological polar surface area (TPSA) is 70.7 Å². The highest BCUT2D eigenvalue weighted by molar-refractivity contribution is 6.01. The second kappa shape index (κ2) is 8.09. The average molecular weight is 381 g/mol. The van der Waals surface area contributed by atoms with Crippen LogP contribution < -0.4 is 15.4 Å². The van der Waals surface area contributed by atoms with Gasteiger partial charge in [-0.05, 0) is 56.7 Å². The van der Waals surface area contributed by atoms with Crippen LogP contribution in [0.1, 0.15) is 50.6 Å². The molecule has 1 unspecified atom stereocenters. The van der Waals surface area contributed by atoms with Crippen LogP contribution in [0.15, 0.2) is 47.2 Å². The maximum atomic E-state index is 13.1. The highest BCUT2D eigenvalue weighted by Gasteiger charge is 2.40. The van der Waals surface area contributed by atoms with E-state index in [4.69, 9.17) is 4.74 Å². The van der Waals surface area contributed by atoms with Crippen LogP contribution in [0.4, 0.5) is 4.79 Å². The first-order chi connectivity index (χ1) is 13.7. The number of amides is 3. The fraction of sp³-hybridized carbons (Fsp3) is 0.455. The average Bonchev–Trinajstić information content (AvgIpc) is 3.03. The van der Waals surface area contributed by atoms with Crippen LogP contribution >= 0.6 is 0 Å². The fourth-order valence-electron chi connectivity index (χ4n) is 4.19. The number of allylic oxidation sites excluding steroid dienone is 1. The van der Waals surface area contributed by atoms with Crippen LogP contribution in [-0.4, -0.2) is 36.5 Å². The Balaban J connectivity index is 1.50. The van der Waals surface area contributed by atoms with Crippen LogP contribution in [0.3, 0.4) is 0 Å². The monoisotopic (exact) mass is 381 g/mol. The first kappa shape index (κ1) is 18.6. The minimum absolute atomic E-state index is 0.0118. The van der Waals surface area contributed by atoms with Gasteiger partial charge in [-0.15, -0.1) is 0 Å².